The first kappa shape index (κ1) is 16.7. The fourth-order valence-corrected chi connectivity index (χ4v) is 1.55. The average molecular weight is 326 g/mol. The van der Waals surface area contributed by atoms with Crippen molar-refractivity contribution in [2.75, 3.05) is 0 Å². The molecule has 0 heterocycles. The number of aromatic hydroxyl groups is 2. The molecule has 0 aliphatic rings. The van der Waals surface area contributed by atoms with Crippen LogP contribution in [0.25, 0.3) is 0 Å². The Morgan fingerprint density at radius 1 is 0.708 bits per heavy atom. The van der Waals surface area contributed by atoms with Crippen LogP contribution in [0.4, 0.5) is 0 Å². The molecule has 0 saturated carbocycles. The summed E-state index contributed by atoms with van der Waals surface area (Å²) >= 11 is 0. The number of carbonyl (C=O) groups is 2. The van der Waals surface area contributed by atoms with Gasteiger partial charge in [-0.05, 0) is 59.7 Å². The molecule has 0 fully saturated rings. The molecule has 0 aliphatic carbocycles. The normalized spacial score (nSPS) is 10.8. The van der Waals surface area contributed by atoms with Crippen molar-refractivity contribution < 1.29 is 19.8 Å². The topological polar surface area (TPSA) is 123 Å². The first-order valence-electron chi connectivity index (χ1n) is 6.79. The summed E-state index contributed by atoms with van der Waals surface area (Å²) in [6.45, 7) is 0. The zero-order valence-electron chi connectivity index (χ0n) is 12.4. The fraction of sp³-hybridized carbons (Fsp3) is 0. The van der Waals surface area contributed by atoms with E-state index >= 15 is 0 Å². The largest absolute Gasteiger partial charge is 0.508 e. The summed E-state index contributed by atoms with van der Waals surface area (Å²) in [5.74, 6) is -1.73. The molecule has 0 bridgehead atoms. The lowest BCUT2D eigenvalue weighted by molar-refractivity contribution is -0.139. The number of phenols is 2. The highest BCUT2D eigenvalue weighted by Crippen LogP contribution is 2.08. The van der Waals surface area contributed by atoms with E-state index in [2.05, 4.69) is 21.1 Å². The summed E-state index contributed by atoms with van der Waals surface area (Å²) in [6.07, 6.45) is 2.65. The first-order valence-corrected chi connectivity index (χ1v) is 6.79. The average Bonchev–Trinajstić information content (AvgIpc) is 2.58. The lowest BCUT2D eigenvalue weighted by Crippen LogP contribution is -2.35. The lowest BCUT2D eigenvalue weighted by atomic mass is 10.2. The van der Waals surface area contributed by atoms with Gasteiger partial charge in [0, 0.05) is 0 Å². The van der Waals surface area contributed by atoms with Crippen molar-refractivity contribution in [1.29, 1.82) is 0 Å². The van der Waals surface area contributed by atoms with Crippen molar-refractivity contribution in [2.45, 2.75) is 0 Å². The van der Waals surface area contributed by atoms with E-state index in [1.54, 1.807) is 24.3 Å². The number of hydrazone groups is 2. The van der Waals surface area contributed by atoms with Crippen molar-refractivity contribution in [1.82, 2.24) is 10.9 Å². The lowest BCUT2D eigenvalue weighted by Gasteiger charge is -1.98. The Hall–Kier alpha value is -3.68. The monoisotopic (exact) mass is 326 g/mol. The van der Waals surface area contributed by atoms with Crippen molar-refractivity contribution in [3.8, 4) is 11.5 Å². The quantitative estimate of drug-likeness (QED) is 0.375. The Bertz CT molecular complexity index is 700. The molecule has 8 heteroatoms. The molecule has 2 rings (SSSR count). The SMILES string of the molecule is O=C(N/N=C\c1ccc(O)cc1)C(=O)N/N=C\c1ccc(O)cc1. The molecule has 24 heavy (non-hydrogen) atoms. The summed E-state index contributed by atoms with van der Waals surface area (Å²) < 4.78 is 0. The Morgan fingerprint density at radius 2 is 1.04 bits per heavy atom. The number of nitrogens with one attached hydrogen (secondary N) is 2. The van der Waals surface area contributed by atoms with E-state index in [0.717, 1.165) is 0 Å². The predicted molar refractivity (Wildman–Crippen MR) is 87.7 cm³/mol. The Labute approximate surface area is 137 Å². The smallest absolute Gasteiger partial charge is 0.331 e. The second kappa shape index (κ2) is 8.08. The second-order valence-electron chi connectivity index (χ2n) is 4.58. The van der Waals surface area contributed by atoms with Gasteiger partial charge in [-0.25, -0.2) is 10.9 Å². The highest BCUT2D eigenvalue weighted by molar-refractivity contribution is 6.35. The molecule has 2 aromatic carbocycles. The van der Waals surface area contributed by atoms with Gasteiger partial charge >= 0.3 is 11.8 Å². The third-order valence-corrected chi connectivity index (χ3v) is 2.75. The summed E-state index contributed by atoms with van der Waals surface area (Å²) in [5.41, 5.74) is 5.38. The van der Waals surface area contributed by atoms with E-state index in [9.17, 15) is 9.59 Å². The molecule has 0 spiro atoms. The van der Waals surface area contributed by atoms with Crippen LogP contribution in [0.1, 0.15) is 11.1 Å². The van der Waals surface area contributed by atoms with Gasteiger partial charge in [-0.1, -0.05) is 0 Å². The molecule has 0 aliphatic heterocycles. The number of benzene rings is 2. The fourth-order valence-electron chi connectivity index (χ4n) is 1.55. The molecule has 122 valence electrons. The van der Waals surface area contributed by atoms with Gasteiger partial charge in [0.15, 0.2) is 0 Å². The highest BCUT2D eigenvalue weighted by atomic mass is 16.3. The molecule has 4 N–H and O–H groups in total. The Kier molecular flexibility index (Phi) is 5.62. The third kappa shape index (κ3) is 5.26. The van der Waals surface area contributed by atoms with Crippen molar-refractivity contribution >= 4 is 24.2 Å². The van der Waals surface area contributed by atoms with Crippen LogP contribution in [-0.2, 0) is 9.59 Å². The Balaban J connectivity index is 1.80. The van der Waals surface area contributed by atoms with Crippen LogP contribution in [-0.4, -0.2) is 34.5 Å². The minimum atomic E-state index is -0.979. The molecule has 2 amide bonds. The predicted octanol–water partition coefficient (Wildman–Crippen LogP) is 0.698. The molecule has 2 aromatic rings. The van der Waals surface area contributed by atoms with Gasteiger partial charge in [0.25, 0.3) is 0 Å². The van der Waals surface area contributed by atoms with Gasteiger partial charge in [0.1, 0.15) is 11.5 Å². The van der Waals surface area contributed by atoms with Crippen LogP contribution in [0.2, 0.25) is 0 Å². The number of rotatable bonds is 4. The highest BCUT2D eigenvalue weighted by Gasteiger charge is 2.10. The molecular formula is C16H14N4O4. The van der Waals surface area contributed by atoms with Crippen LogP contribution in [0.3, 0.4) is 0 Å². The maximum atomic E-state index is 11.5. The van der Waals surface area contributed by atoms with Crippen molar-refractivity contribution in [2.24, 2.45) is 10.2 Å². The van der Waals surface area contributed by atoms with Crippen LogP contribution >= 0.6 is 0 Å². The zero-order chi connectivity index (χ0) is 17.4. The van der Waals surface area contributed by atoms with E-state index in [1.165, 1.54) is 36.7 Å². The second-order valence-corrected chi connectivity index (χ2v) is 4.58. The number of phenolic OH excluding ortho intramolecular Hbond substituents is 2. The minimum Gasteiger partial charge on any atom is -0.508 e. The standard InChI is InChI=1S/C16H14N4O4/c21-13-5-1-11(2-6-13)9-17-19-15(23)16(24)20-18-10-12-3-7-14(22)8-4-12/h1-10,21-22H,(H,19,23)(H,20,24)/b17-9-,18-10-. The molecule has 8 nitrogen and oxygen atoms in total. The third-order valence-electron chi connectivity index (χ3n) is 2.75. The number of hydrogen-bond acceptors (Lipinski definition) is 6. The maximum absolute atomic E-state index is 11.5. The van der Waals surface area contributed by atoms with E-state index in [1.807, 2.05) is 0 Å². The summed E-state index contributed by atoms with van der Waals surface area (Å²) in [7, 11) is 0. The Morgan fingerprint density at radius 3 is 1.38 bits per heavy atom. The van der Waals surface area contributed by atoms with Crippen LogP contribution in [0.15, 0.2) is 58.7 Å². The molecule has 0 unspecified atom stereocenters. The van der Waals surface area contributed by atoms with Gasteiger partial charge < -0.3 is 10.2 Å². The van der Waals surface area contributed by atoms with Gasteiger partial charge in [-0.2, -0.15) is 10.2 Å². The number of amides is 2. The molecule has 0 aromatic heterocycles. The van der Waals surface area contributed by atoms with Crippen molar-refractivity contribution in [3.63, 3.8) is 0 Å². The molecular weight excluding hydrogens is 312 g/mol. The minimum absolute atomic E-state index is 0.113. The zero-order valence-corrected chi connectivity index (χ0v) is 12.4. The number of hydrogen-bond donors (Lipinski definition) is 4. The molecule has 0 saturated heterocycles. The van der Waals surface area contributed by atoms with E-state index in [-0.39, 0.29) is 11.5 Å². The summed E-state index contributed by atoms with van der Waals surface area (Å²) in [6, 6.07) is 12.2. The van der Waals surface area contributed by atoms with Crippen LogP contribution in [0.5, 0.6) is 11.5 Å². The summed E-state index contributed by atoms with van der Waals surface area (Å²) in [4.78, 5) is 23.0. The first-order chi connectivity index (χ1) is 11.5. The van der Waals surface area contributed by atoms with Crippen molar-refractivity contribution in [3.05, 3.63) is 59.7 Å². The molecule has 0 atom stereocenters. The van der Waals surface area contributed by atoms with Gasteiger partial charge in [-0.15, -0.1) is 0 Å². The van der Waals surface area contributed by atoms with Gasteiger partial charge in [0.05, 0.1) is 12.4 Å². The van der Waals surface area contributed by atoms with E-state index < -0.39 is 11.8 Å². The number of nitrogens with zero attached hydrogens (tertiary/aromatic N) is 2. The molecule has 0 radical (unpaired) electrons. The van der Waals surface area contributed by atoms with Gasteiger partial charge in [-0.3, -0.25) is 9.59 Å². The van der Waals surface area contributed by atoms with Crippen LogP contribution < -0.4 is 10.9 Å². The summed E-state index contributed by atoms with van der Waals surface area (Å²) in [5, 5.41) is 25.5. The van der Waals surface area contributed by atoms with E-state index in [0.29, 0.717) is 11.1 Å². The van der Waals surface area contributed by atoms with E-state index in [4.69, 9.17) is 10.2 Å². The van der Waals surface area contributed by atoms with Gasteiger partial charge in [0.2, 0.25) is 0 Å². The number of carbonyl (C=O) groups excluding carboxylic acids is 2. The van der Waals surface area contributed by atoms with Crippen LogP contribution in [0, 0.1) is 0 Å². The maximum Gasteiger partial charge on any atom is 0.331 e.